The monoisotopic (exact) mass is 241 g/mol. The number of hydrogen-bond acceptors (Lipinski definition) is 5. The van der Waals surface area contributed by atoms with Gasteiger partial charge in [-0.3, -0.25) is 9.08 Å². The van der Waals surface area contributed by atoms with Crippen molar-refractivity contribution in [3.63, 3.8) is 0 Å². The van der Waals surface area contributed by atoms with Gasteiger partial charge >= 0.3 is 10.1 Å². The number of ketones is 1. The fraction of sp³-hybridized carbons (Fsp3) is 0.200. The van der Waals surface area contributed by atoms with Crippen LogP contribution in [0.25, 0.3) is 0 Å². The lowest BCUT2D eigenvalue weighted by molar-refractivity contribution is -0.111. The fourth-order valence-corrected chi connectivity index (χ4v) is 1.59. The molecular weight excluding hydrogens is 230 g/mol. The fourth-order valence-electron chi connectivity index (χ4n) is 0.799. The molecule has 0 saturated heterocycles. The van der Waals surface area contributed by atoms with Crippen molar-refractivity contribution >= 4 is 21.6 Å². The van der Waals surface area contributed by atoms with E-state index < -0.39 is 10.1 Å². The molecule has 0 bridgehead atoms. The van der Waals surface area contributed by atoms with E-state index in [1.807, 2.05) is 0 Å². The average Bonchev–Trinajstić information content (AvgIpc) is 2.27. The van der Waals surface area contributed by atoms with Gasteiger partial charge < -0.3 is 0 Å². The van der Waals surface area contributed by atoms with Crippen LogP contribution in [0.4, 0.5) is 0 Å². The molecule has 1 rings (SSSR count). The lowest BCUT2D eigenvalue weighted by Crippen LogP contribution is -2.08. The van der Waals surface area contributed by atoms with Crippen LogP contribution in [0.3, 0.4) is 0 Å². The maximum Gasteiger partial charge on any atom is 0.358 e. The molecule has 6 heteroatoms. The summed E-state index contributed by atoms with van der Waals surface area (Å²) < 4.78 is 27.4. The molecule has 86 valence electrons. The summed E-state index contributed by atoms with van der Waals surface area (Å²) in [6, 6.07) is 7.58. The number of nitrogens with zero attached hydrogens (tertiary/aromatic N) is 1. The van der Waals surface area contributed by atoms with Gasteiger partial charge in [0.15, 0.2) is 5.78 Å². The number of rotatable bonds is 4. The van der Waals surface area contributed by atoms with Crippen LogP contribution >= 0.6 is 0 Å². The number of oxime groups is 1. The third-order valence-electron chi connectivity index (χ3n) is 1.81. The third kappa shape index (κ3) is 3.16. The predicted molar refractivity (Wildman–Crippen MR) is 58.5 cm³/mol. The van der Waals surface area contributed by atoms with Gasteiger partial charge in [-0.25, -0.2) is 0 Å². The SMILES string of the molecule is CC(=O)C(C)=NOS(=O)(=O)c1ccccc1. The molecule has 16 heavy (non-hydrogen) atoms. The Morgan fingerprint density at radius 3 is 2.25 bits per heavy atom. The maximum absolute atomic E-state index is 11.5. The first kappa shape index (κ1) is 12.4. The van der Waals surface area contributed by atoms with Crippen LogP contribution in [0, 0.1) is 0 Å². The van der Waals surface area contributed by atoms with Crippen molar-refractivity contribution in [3.05, 3.63) is 30.3 Å². The molecule has 0 aliphatic heterocycles. The molecule has 0 aliphatic carbocycles. The van der Waals surface area contributed by atoms with Gasteiger partial charge in [0.05, 0.1) is 0 Å². The zero-order chi connectivity index (χ0) is 12.2. The molecule has 0 spiro atoms. The van der Waals surface area contributed by atoms with Gasteiger partial charge in [0.25, 0.3) is 0 Å². The van der Waals surface area contributed by atoms with Crippen molar-refractivity contribution < 1.29 is 17.5 Å². The Kier molecular flexibility index (Phi) is 3.78. The van der Waals surface area contributed by atoms with E-state index in [4.69, 9.17) is 0 Å². The van der Waals surface area contributed by atoms with Gasteiger partial charge in [-0.05, 0) is 19.1 Å². The van der Waals surface area contributed by atoms with Crippen molar-refractivity contribution in [1.29, 1.82) is 0 Å². The maximum atomic E-state index is 11.5. The minimum atomic E-state index is -3.93. The first-order valence-electron chi connectivity index (χ1n) is 4.48. The molecule has 1 aromatic carbocycles. The number of benzene rings is 1. The normalized spacial score (nSPS) is 12.2. The predicted octanol–water partition coefficient (Wildman–Crippen LogP) is 1.36. The highest BCUT2D eigenvalue weighted by Gasteiger charge is 2.15. The van der Waals surface area contributed by atoms with Crippen LogP contribution in [-0.4, -0.2) is 19.9 Å². The van der Waals surface area contributed by atoms with Crippen LogP contribution in [0.5, 0.6) is 0 Å². The van der Waals surface area contributed by atoms with Crippen LogP contribution in [0.1, 0.15) is 13.8 Å². The molecule has 0 aromatic heterocycles. The van der Waals surface area contributed by atoms with Gasteiger partial charge in [0, 0.05) is 6.92 Å². The van der Waals surface area contributed by atoms with Gasteiger partial charge in [0.2, 0.25) is 0 Å². The molecule has 1 aromatic rings. The Morgan fingerprint density at radius 1 is 1.19 bits per heavy atom. The minimum Gasteiger partial charge on any atom is -0.293 e. The molecule has 0 N–H and O–H groups in total. The second-order valence-electron chi connectivity index (χ2n) is 3.07. The number of hydrogen-bond donors (Lipinski definition) is 0. The Hall–Kier alpha value is -1.69. The molecule has 0 radical (unpaired) electrons. The summed E-state index contributed by atoms with van der Waals surface area (Å²) >= 11 is 0. The van der Waals surface area contributed by atoms with Crippen molar-refractivity contribution in [2.45, 2.75) is 18.7 Å². The summed E-state index contributed by atoms with van der Waals surface area (Å²) in [6.45, 7) is 2.65. The highest BCUT2D eigenvalue weighted by Crippen LogP contribution is 2.11. The first-order chi connectivity index (χ1) is 7.43. The van der Waals surface area contributed by atoms with E-state index in [-0.39, 0.29) is 16.4 Å². The largest absolute Gasteiger partial charge is 0.358 e. The van der Waals surface area contributed by atoms with Crippen molar-refractivity contribution in [3.8, 4) is 0 Å². The molecular formula is C10H11NO4S. The van der Waals surface area contributed by atoms with Crippen molar-refractivity contribution in [2.75, 3.05) is 0 Å². The van der Waals surface area contributed by atoms with E-state index in [1.54, 1.807) is 18.2 Å². The zero-order valence-electron chi connectivity index (χ0n) is 8.88. The number of carbonyl (C=O) groups is 1. The third-order valence-corrected chi connectivity index (χ3v) is 2.93. The van der Waals surface area contributed by atoms with Crippen LogP contribution < -0.4 is 0 Å². The highest BCUT2D eigenvalue weighted by atomic mass is 32.2. The Bertz CT molecular complexity index is 505. The van der Waals surface area contributed by atoms with E-state index in [1.165, 1.54) is 26.0 Å². The van der Waals surface area contributed by atoms with Crippen LogP contribution in [0.2, 0.25) is 0 Å². The van der Waals surface area contributed by atoms with Crippen LogP contribution in [-0.2, 0) is 19.2 Å². The molecule has 0 amide bonds. The van der Waals surface area contributed by atoms with Crippen molar-refractivity contribution in [2.24, 2.45) is 5.16 Å². The van der Waals surface area contributed by atoms with E-state index >= 15 is 0 Å². The van der Waals surface area contributed by atoms with E-state index in [0.29, 0.717) is 0 Å². The molecule has 5 nitrogen and oxygen atoms in total. The summed E-state index contributed by atoms with van der Waals surface area (Å²) in [7, 11) is -3.93. The molecule has 0 heterocycles. The summed E-state index contributed by atoms with van der Waals surface area (Å²) in [6.07, 6.45) is 0. The molecule has 0 aliphatic rings. The second-order valence-corrected chi connectivity index (χ2v) is 4.60. The highest BCUT2D eigenvalue weighted by molar-refractivity contribution is 7.86. The van der Waals surface area contributed by atoms with Gasteiger partial charge in [0.1, 0.15) is 10.6 Å². The second kappa shape index (κ2) is 4.89. The summed E-state index contributed by atoms with van der Waals surface area (Å²) in [5, 5.41) is 3.25. The van der Waals surface area contributed by atoms with Crippen LogP contribution in [0.15, 0.2) is 40.4 Å². The Labute approximate surface area is 93.9 Å². The standard InChI is InChI=1S/C10H11NO4S/c1-8(9(2)12)11-15-16(13,14)10-6-4-3-5-7-10/h3-7H,1-2H3. The first-order valence-corrected chi connectivity index (χ1v) is 5.88. The van der Waals surface area contributed by atoms with E-state index in [0.717, 1.165) is 0 Å². The number of carbonyl (C=O) groups excluding carboxylic acids is 1. The lowest BCUT2D eigenvalue weighted by Gasteiger charge is -2.01. The summed E-state index contributed by atoms with van der Waals surface area (Å²) in [4.78, 5) is 10.8. The summed E-state index contributed by atoms with van der Waals surface area (Å²) in [5.74, 6) is -0.344. The molecule has 0 unspecified atom stereocenters. The topological polar surface area (TPSA) is 72.8 Å². The molecule has 0 atom stereocenters. The smallest absolute Gasteiger partial charge is 0.293 e. The van der Waals surface area contributed by atoms with E-state index in [2.05, 4.69) is 9.44 Å². The van der Waals surface area contributed by atoms with Gasteiger partial charge in [-0.1, -0.05) is 23.4 Å². The average molecular weight is 241 g/mol. The number of Topliss-reactive ketones (excluding diaryl/α,β-unsaturated/α-hetero) is 1. The summed E-state index contributed by atoms with van der Waals surface area (Å²) in [5.41, 5.74) is -0.000457. The van der Waals surface area contributed by atoms with Gasteiger partial charge in [-0.2, -0.15) is 8.42 Å². The molecule has 0 fully saturated rings. The Balaban J connectivity index is 2.90. The quantitative estimate of drug-likeness (QED) is 0.589. The van der Waals surface area contributed by atoms with Gasteiger partial charge in [-0.15, -0.1) is 0 Å². The zero-order valence-corrected chi connectivity index (χ0v) is 9.69. The van der Waals surface area contributed by atoms with E-state index in [9.17, 15) is 13.2 Å². The molecule has 0 saturated carbocycles. The van der Waals surface area contributed by atoms with Crippen molar-refractivity contribution in [1.82, 2.24) is 0 Å². The lowest BCUT2D eigenvalue weighted by atomic mass is 10.3. The minimum absolute atomic E-state index is 0.000457. The Morgan fingerprint density at radius 2 is 1.75 bits per heavy atom.